The number of hydrogen-bond donors (Lipinski definition) is 2. The van der Waals surface area contributed by atoms with Crippen LogP contribution >= 0.6 is 43.5 Å². The Morgan fingerprint density at radius 3 is 2.40 bits per heavy atom. The third kappa shape index (κ3) is 2.89. The summed E-state index contributed by atoms with van der Waals surface area (Å²) in [6.45, 7) is 0. The molecule has 3 N–H and O–H groups in total. The number of halogens is 5. The van der Waals surface area contributed by atoms with E-state index in [-0.39, 0.29) is 16.1 Å². The molecule has 20 heavy (non-hydrogen) atoms. The van der Waals surface area contributed by atoms with Gasteiger partial charge in [-0.15, -0.1) is 0 Å². The number of rotatable bonds is 3. The normalized spacial score (nSPS) is 12.5. The van der Waals surface area contributed by atoms with Crippen molar-refractivity contribution in [2.24, 2.45) is 5.84 Å². The molecule has 2 aromatic rings. The highest BCUT2D eigenvalue weighted by molar-refractivity contribution is 9.10. The number of hydrogen-bond acceptors (Lipinski definition) is 2. The molecule has 1 unspecified atom stereocenters. The van der Waals surface area contributed by atoms with Gasteiger partial charge in [0.1, 0.15) is 11.6 Å². The fourth-order valence-corrected chi connectivity index (χ4v) is 2.93. The van der Waals surface area contributed by atoms with Gasteiger partial charge in [0.2, 0.25) is 0 Å². The molecule has 2 nitrogen and oxygen atoms in total. The molecule has 1 atom stereocenters. The first-order valence-electron chi connectivity index (χ1n) is 5.50. The van der Waals surface area contributed by atoms with E-state index < -0.39 is 17.7 Å². The lowest BCUT2D eigenvalue weighted by Crippen LogP contribution is -2.30. The summed E-state index contributed by atoms with van der Waals surface area (Å²) in [6, 6.07) is 6.69. The standard InChI is InChI=1S/C13H9Br2ClF2N2/c14-7-2-1-3-9(17)10(7)13(20-19)6-4-5-8(15)11(16)12(6)18/h1-5,13,20H,19H2. The second kappa shape index (κ2) is 6.49. The molecule has 0 aliphatic carbocycles. The first-order chi connectivity index (χ1) is 9.47. The molecular formula is C13H9Br2ClF2N2. The van der Waals surface area contributed by atoms with E-state index in [1.165, 1.54) is 12.1 Å². The summed E-state index contributed by atoms with van der Waals surface area (Å²) >= 11 is 12.2. The van der Waals surface area contributed by atoms with Gasteiger partial charge in [0.15, 0.2) is 0 Å². The van der Waals surface area contributed by atoms with Crippen molar-refractivity contribution in [3.05, 3.63) is 67.1 Å². The van der Waals surface area contributed by atoms with E-state index in [1.807, 2.05) is 0 Å². The van der Waals surface area contributed by atoms with Crippen LogP contribution in [0.2, 0.25) is 5.02 Å². The van der Waals surface area contributed by atoms with Crippen molar-refractivity contribution in [3.63, 3.8) is 0 Å². The average Bonchev–Trinajstić information content (AvgIpc) is 2.42. The number of benzene rings is 2. The van der Waals surface area contributed by atoms with Crippen LogP contribution in [-0.4, -0.2) is 0 Å². The van der Waals surface area contributed by atoms with Crippen LogP contribution in [0.3, 0.4) is 0 Å². The summed E-state index contributed by atoms with van der Waals surface area (Å²) in [6.07, 6.45) is 0. The molecule has 0 aliphatic heterocycles. The fraction of sp³-hybridized carbons (Fsp3) is 0.0769. The molecule has 0 heterocycles. The highest BCUT2D eigenvalue weighted by atomic mass is 79.9. The van der Waals surface area contributed by atoms with E-state index in [1.54, 1.807) is 18.2 Å². The van der Waals surface area contributed by atoms with Gasteiger partial charge in [0, 0.05) is 20.1 Å². The zero-order valence-corrected chi connectivity index (χ0v) is 13.9. The largest absolute Gasteiger partial charge is 0.271 e. The van der Waals surface area contributed by atoms with Crippen molar-refractivity contribution < 1.29 is 8.78 Å². The minimum absolute atomic E-state index is 0.0739. The number of hydrazine groups is 1. The summed E-state index contributed by atoms with van der Waals surface area (Å²) in [7, 11) is 0. The van der Waals surface area contributed by atoms with Crippen LogP contribution in [0.15, 0.2) is 39.3 Å². The van der Waals surface area contributed by atoms with Crippen LogP contribution in [0.5, 0.6) is 0 Å². The van der Waals surface area contributed by atoms with E-state index in [4.69, 9.17) is 17.4 Å². The average molecular weight is 426 g/mol. The summed E-state index contributed by atoms with van der Waals surface area (Å²) < 4.78 is 29.2. The topological polar surface area (TPSA) is 38.0 Å². The lowest BCUT2D eigenvalue weighted by molar-refractivity contribution is 0.529. The summed E-state index contributed by atoms with van der Waals surface area (Å²) in [5.41, 5.74) is 2.79. The molecule has 0 radical (unpaired) electrons. The zero-order valence-electron chi connectivity index (χ0n) is 9.93. The Hall–Kier alpha value is -0.530. The second-order valence-corrected chi connectivity index (χ2v) is 6.09. The summed E-state index contributed by atoms with van der Waals surface area (Å²) in [5, 5.41) is -0.0739. The van der Waals surface area contributed by atoms with Gasteiger partial charge >= 0.3 is 0 Å². The predicted molar refractivity (Wildman–Crippen MR) is 82.4 cm³/mol. The Kier molecular flexibility index (Phi) is 5.14. The highest BCUT2D eigenvalue weighted by Crippen LogP contribution is 2.35. The molecule has 7 heteroatoms. The first-order valence-corrected chi connectivity index (χ1v) is 7.47. The third-order valence-corrected chi connectivity index (χ3v) is 4.78. The highest BCUT2D eigenvalue weighted by Gasteiger charge is 2.24. The predicted octanol–water partition coefficient (Wildman–Crippen LogP) is 4.70. The molecule has 0 fully saturated rings. The molecular weight excluding hydrogens is 417 g/mol. The van der Waals surface area contributed by atoms with Crippen molar-refractivity contribution in [2.45, 2.75) is 6.04 Å². The van der Waals surface area contributed by atoms with Crippen molar-refractivity contribution >= 4 is 43.5 Å². The molecule has 0 saturated heterocycles. The molecule has 0 aliphatic rings. The maximum Gasteiger partial charge on any atom is 0.148 e. The quantitative estimate of drug-likeness (QED) is 0.424. The van der Waals surface area contributed by atoms with Crippen LogP contribution < -0.4 is 11.3 Å². The van der Waals surface area contributed by atoms with Gasteiger partial charge in [-0.2, -0.15) is 0 Å². The maximum atomic E-state index is 14.3. The van der Waals surface area contributed by atoms with E-state index >= 15 is 0 Å². The molecule has 0 amide bonds. The van der Waals surface area contributed by atoms with Crippen LogP contribution in [-0.2, 0) is 0 Å². The molecule has 2 rings (SSSR count). The van der Waals surface area contributed by atoms with Gasteiger partial charge in [-0.1, -0.05) is 39.7 Å². The van der Waals surface area contributed by atoms with Crippen molar-refractivity contribution in [1.82, 2.24) is 5.43 Å². The lowest BCUT2D eigenvalue weighted by Gasteiger charge is -2.20. The van der Waals surface area contributed by atoms with Crippen molar-refractivity contribution in [3.8, 4) is 0 Å². The number of nitrogens with two attached hydrogens (primary N) is 1. The molecule has 0 bridgehead atoms. The van der Waals surface area contributed by atoms with Crippen molar-refractivity contribution in [1.29, 1.82) is 0 Å². The molecule has 106 valence electrons. The Labute approximate surface area is 136 Å². The van der Waals surface area contributed by atoms with E-state index in [0.29, 0.717) is 8.95 Å². The smallest absolute Gasteiger partial charge is 0.148 e. The van der Waals surface area contributed by atoms with Gasteiger partial charge < -0.3 is 0 Å². The van der Waals surface area contributed by atoms with E-state index in [9.17, 15) is 8.78 Å². The monoisotopic (exact) mass is 424 g/mol. The van der Waals surface area contributed by atoms with Gasteiger partial charge in [0.25, 0.3) is 0 Å². The fourth-order valence-electron chi connectivity index (χ4n) is 1.88. The maximum absolute atomic E-state index is 14.3. The second-order valence-electron chi connectivity index (χ2n) is 4.00. The van der Waals surface area contributed by atoms with Crippen LogP contribution in [0.4, 0.5) is 8.78 Å². The molecule has 0 aromatic heterocycles. The zero-order chi connectivity index (χ0) is 14.9. The summed E-state index contributed by atoms with van der Waals surface area (Å²) in [5.74, 6) is 4.32. The third-order valence-electron chi connectivity index (χ3n) is 2.83. The van der Waals surface area contributed by atoms with E-state index in [0.717, 1.165) is 0 Å². The Balaban J connectivity index is 2.62. The minimum atomic E-state index is -0.865. The van der Waals surface area contributed by atoms with Crippen LogP contribution in [0.1, 0.15) is 17.2 Å². The number of nitrogens with one attached hydrogen (secondary N) is 1. The molecule has 0 spiro atoms. The van der Waals surface area contributed by atoms with Gasteiger partial charge in [-0.25, -0.2) is 14.2 Å². The van der Waals surface area contributed by atoms with E-state index in [2.05, 4.69) is 37.3 Å². The Morgan fingerprint density at radius 2 is 1.80 bits per heavy atom. The Bertz CT molecular complexity index is 632. The van der Waals surface area contributed by atoms with Gasteiger partial charge in [0.05, 0.1) is 11.1 Å². The minimum Gasteiger partial charge on any atom is -0.271 e. The van der Waals surface area contributed by atoms with Gasteiger partial charge in [-0.05, 0) is 34.1 Å². The molecule has 0 saturated carbocycles. The molecule has 2 aromatic carbocycles. The first kappa shape index (κ1) is 15.9. The SMILES string of the molecule is NNC(c1ccc(Br)c(Cl)c1F)c1c(F)cccc1Br. The van der Waals surface area contributed by atoms with Crippen LogP contribution in [0, 0.1) is 11.6 Å². The van der Waals surface area contributed by atoms with Gasteiger partial charge in [-0.3, -0.25) is 5.84 Å². The lowest BCUT2D eigenvalue weighted by atomic mass is 9.98. The Morgan fingerprint density at radius 1 is 1.10 bits per heavy atom. The van der Waals surface area contributed by atoms with Crippen LogP contribution in [0.25, 0.3) is 0 Å². The summed E-state index contributed by atoms with van der Waals surface area (Å²) in [4.78, 5) is 0. The van der Waals surface area contributed by atoms with Crippen molar-refractivity contribution in [2.75, 3.05) is 0 Å².